The molecule has 0 aliphatic carbocycles. The molecule has 1 N–H and O–H groups in total. The van der Waals surface area contributed by atoms with Crippen molar-refractivity contribution in [3.63, 3.8) is 0 Å². The van der Waals surface area contributed by atoms with E-state index in [-0.39, 0.29) is 11.8 Å². The van der Waals surface area contributed by atoms with Gasteiger partial charge in [0.1, 0.15) is 11.5 Å². The summed E-state index contributed by atoms with van der Waals surface area (Å²) in [7, 11) is 3.41. The van der Waals surface area contributed by atoms with Crippen LogP contribution in [-0.2, 0) is 11.2 Å². The lowest BCUT2D eigenvalue weighted by Gasteiger charge is -2.11. The molecule has 0 unspecified atom stereocenters. The van der Waals surface area contributed by atoms with E-state index in [1.165, 1.54) is 0 Å². The molecule has 16 heavy (non-hydrogen) atoms. The molecule has 0 fully saturated rings. The van der Waals surface area contributed by atoms with Crippen molar-refractivity contribution in [1.29, 1.82) is 0 Å². The molecule has 1 atom stereocenters. The Morgan fingerprint density at radius 1 is 1.56 bits per heavy atom. The van der Waals surface area contributed by atoms with Gasteiger partial charge in [-0.2, -0.15) is 0 Å². The van der Waals surface area contributed by atoms with E-state index < -0.39 is 0 Å². The summed E-state index contributed by atoms with van der Waals surface area (Å²) in [5.41, 5.74) is 0.974. The van der Waals surface area contributed by atoms with Crippen molar-refractivity contribution in [2.24, 2.45) is 0 Å². The number of nitrogens with zero attached hydrogens (tertiary/aromatic N) is 1. The number of nitrogens with one attached hydrogen (secondary N) is 1. The zero-order valence-corrected chi connectivity index (χ0v) is 9.99. The fourth-order valence-electron chi connectivity index (χ4n) is 1.52. The molecule has 0 aliphatic heterocycles. The molecule has 0 amide bonds. The molecule has 0 bridgehead atoms. The lowest BCUT2D eigenvalue weighted by molar-refractivity contribution is -0.119. The van der Waals surface area contributed by atoms with E-state index in [9.17, 15) is 4.79 Å². The highest BCUT2D eigenvalue weighted by Crippen LogP contribution is 2.10. The first-order chi connectivity index (χ1) is 7.67. The third-order valence-corrected chi connectivity index (χ3v) is 2.56. The van der Waals surface area contributed by atoms with E-state index in [1.54, 1.807) is 27.3 Å². The van der Waals surface area contributed by atoms with Gasteiger partial charge in [0.15, 0.2) is 0 Å². The van der Waals surface area contributed by atoms with Crippen molar-refractivity contribution in [2.75, 3.05) is 14.2 Å². The molecule has 0 aromatic carbocycles. The number of Topliss-reactive ketones (excluding diaryl/α,β-unsaturated/α-hetero) is 1. The Kier molecular flexibility index (Phi) is 4.92. The second kappa shape index (κ2) is 6.23. The van der Waals surface area contributed by atoms with Crippen LogP contribution in [0.3, 0.4) is 0 Å². The van der Waals surface area contributed by atoms with Crippen LogP contribution >= 0.6 is 0 Å². The fraction of sp³-hybridized carbons (Fsp3) is 0.500. The standard InChI is InChI=1S/C12H18N2O2/c1-9(15)12(13-2)7-5-10-4-6-11(16-3)8-14-10/h4,6,8,12-13H,5,7H2,1-3H3/t12-/m0/s1. The Morgan fingerprint density at radius 2 is 2.31 bits per heavy atom. The van der Waals surface area contributed by atoms with Gasteiger partial charge in [0.05, 0.1) is 19.3 Å². The number of ketones is 1. The van der Waals surface area contributed by atoms with Gasteiger partial charge in [0, 0.05) is 5.69 Å². The lowest BCUT2D eigenvalue weighted by atomic mass is 10.1. The summed E-state index contributed by atoms with van der Waals surface area (Å²) in [4.78, 5) is 15.4. The van der Waals surface area contributed by atoms with Gasteiger partial charge in [0.2, 0.25) is 0 Å². The monoisotopic (exact) mass is 222 g/mol. The zero-order valence-electron chi connectivity index (χ0n) is 9.99. The summed E-state index contributed by atoms with van der Waals surface area (Å²) in [6.45, 7) is 1.60. The maximum Gasteiger partial charge on any atom is 0.146 e. The molecule has 1 aromatic heterocycles. The van der Waals surface area contributed by atoms with Crippen LogP contribution in [0.15, 0.2) is 18.3 Å². The third kappa shape index (κ3) is 3.62. The van der Waals surface area contributed by atoms with Gasteiger partial charge in [-0.1, -0.05) is 0 Å². The second-order valence-electron chi connectivity index (χ2n) is 3.68. The average molecular weight is 222 g/mol. The lowest BCUT2D eigenvalue weighted by Crippen LogP contribution is -2.32. The summed E-state index contributed by atoms with van der Waals surface area (Å²) in [5.74, 6) is 0.913. The van der Waals surface area contributed by atoms with Crippen LogP contribution in [0.25, 0.3) is 0 Å². The Bertz CT molecular complexity index is 335. The van der Waals surface area contributed by atoms with Gasteiger partial charge >= 0.3 is 0 Å². The molecule has 0 aliphatic rings. The number of aromatic nitrogens is 1. The fourth-order valence-corrected chi connectivity index (χ4v) is 1.52. The summed E-state index contributed by atoms with van der Waals surface area (Å²) < 4.78 is 5.03. The number of hydrogen-bond acceptors (Lipinski definition) is 4. The van der Waals surface area contributed by atoms with Gasteiger partial charge in [0.25, 0.3) is 0 Å². The predicted molar refractivity (Wildman–Crippen MR) is 62.6 cm³/mol. The first kappa shape index (κ1) is 12.6. The minimum Gasteiger partial charge on any atom is -0.495 e. The third-order valence-electron chi connectivity index (χ3n) is 2.56. The van der Waals surface area contributed by atoms with Crippen LogP contribution < -0.4 is 10.1 Å². The van der Waals surface area contributed by atoms with Crippen molar-refractivity contribution in [2.45, 2.75) is 25.8 Å². The quantitative estimate of drug-likeness (QED) is 0.785. The minimum atomic E-state index is -0.0797. The number of ether oxygens (including phenoxy) is 1. The van der Waals surface area contributed by atoms with Gasteiger partial charge in [-0.3, -0.25) is 9.78 Å². The van der Waals surface area contributed by atoms with E-state index in [0.717, 1.165) is 24.3 Å². The maximum absolute atomic E-state index is 11.2. The summed E-state index contributed by atoms with van der Waals surface area (Å²) in [6.07, 6.45) is 3.25. The van der Waals surface area contributed by atoms with Gasteiger partial charge in [-0.25, -0.2) is 0 Å². The van der Waals surface area contributed by atoms with Crippen molar-refractivity contribution < 1.29 is 9.53 Å². The van der Waals surface area contributed by atoms with Crippen molar-refractivity contribution in [1.82, 2.24) is 10.3 Å². The van der Waals surface area contributed by atoms with Crippen molar-refractivity contribution in [3.8, 4) is 5.75 Å². The average Bonchev–Trinajstić information content (AvgIpc) is 2.30. The van der Waals surface area contributed by atoms with E-state index in [2.05, 4.69) is 10.3 Å². The Morgan fingerprint density at radius 3 is 2.75 bits per heavy atom. The number of carbonyl (C=O) groups excluding carboxylic acids is 1. The molecule has 1 rings (SSSR count). The number of pyridine rings is 1. The molecule has 4 heteroatoms. The van der Waals surface area contributed by atoms with E-state index in [4.69, 9.17) is 4.74 Å². The molecular weight excluding hydrogens is 204 g/mol. The summed E-state index contributed by atoms with van der Waals surface area (Å²) in [6, 6.07) is 3.72. The largest absolute Gasteiger partial charge is 0.495 e. The minimum absolute atomic E-state index is 0.0797. The van der Waals surface area contributed by atoms with E-state index in [0.29, 0.717) is 0 Å². The normalized spacial score (nSPS) is 12.2. The van der Waals surface area contributed by atoms with Crippen LogP contribution in [0.4, 0.5) is 0 Å². The number of aryl methyl sites for hydroxylation is 1. The van der Waals surface area contributed by atoms with Gasteiger partial charge in [-0.05, 0) is 38.9 Å². The maximum atomic E-state index is 11.2. The highest BCUT2D eigenvalue weighted by Gasteiger charge is 2.11. The second-order valence-corrected chi connectivity index (χ2v) is 3.68. The van der Waals surface area contributed by atoms with Crippen LogP contribution in [0.1, 0.15) is 19.0 Å². The molecule has 0 radical (unpaired) electrons. The summed E-state index contributed by atoms with van der Waals surface area (Å²) in [5, 5.41) is 2.99. The highest BCUT2D eigenvalue weighted by molar-refractivity contribution is 5.81. The topological polar surface area (TPSA) is 51.2 Å². The smallest absolute Gasteiger partial charge is 0.146 e. The van der Waals surface area contributed by atoms with Crippen molar-refractivity contribution >= 4 is 5.78 Å². The van der Waals surface area contributed by atoms with Gasteiger partial charge in [-0.15, -0.1) is 0 Å². The van der Waals surface area contributed by atoms with Gasteiger partial charge < -0.3 is 10.1 Å². The number of methoxy groups -OCH3 is 1. The zero-order chi connectivity index (χ0) is 12.0. The van der Waals surface area contributed by atoms with Crippen LogP contribution in [0.2, 0.25) is 0 Å². The highest BCUT2D eigenvalue weighted by atomic mass is 16.5. The SMILES string of the molecule is CN[C@@H](CCc1ccc(OC)cn1)C(C)=O. The molecular formula is C12H18N2O2. The number of hydrogen-bond donors (Lipinski definition) is 1. The predicted octanol–water partition coefficient (Wildman–Crippen LogP) is 1.20. The number of rotatable bonds is 6. The number of likely N-dealkylation sites (N-methyl/N-ethyl adjacent to an activating group) is 1. The Hall–Kier alpha value is -1.42. The molecule has 88 valence electrons. The van der Waals surface area contributed by atoms with Crippen LogP contribution in [0.5, 0.6) is 5.75 Å². The Balaban J connectivity index is 2.50. The van der Waals surface area contributed by atoms with Crippen LogP contribution in [0, 0.1) is 0 Å². The first-order valence-electron chi connectivity index (χ1n) is 5.34. The molecule has 0 saturated carbocycles. The molecule has 4 nitrogen and oxygen atoms in total. The van der Waals surface area contributed by atoms with Crippen LogP contribution in [-0.4, -0.2) is 31.0 Å². The molecule has 1 heterocycles. The van der Waals surface area contributed by atoms with Crippen molar-refractivity contribution in [3.05, 3.63) is 24.0 Å². The molecule has 0 saturated heterocycles. The Labute approximate surface area is 96.0 Å². The van der Waals surface area contributed by atoms with E-state index in [1.807, 2.05) is 12.1 Å². The summed E-state index contributed by atoms with van der Waals surface area (Å²) >= 11 is 0. The number of carbonyl (C=O) groups is 1. The molecule has 1 aromatic rings. The van der Waals surface area contributed by atoms with E-state index >= 15 is 0 Å². The first-order valence-corrected chi connectivity index (χ1v) is 5.34. The molecule has 0 spiro atoms.